The van der Waals surface area contributed by atoms with Crippen LogP contribution in [0.15, 0.2) is 40.2 Å². The molecule has 0 bridgehead atoms. The lowest BCUT2D eigenvalue weighted by Crippen LogP contribution is -2.33. The molecule has 0 saturated heterocycles. The molecule has 19 heavy (non-hydrogen) atoms. The summed E-state index contributed by atoms with van der Waals surface area (Å²) in [5.41, 5.74) is 7.50. The summed E-state index contributed by atoms with van der Waals surface area (Å²) < 4.78 is 0.898. The van der Waals surface area contributed by atoms with Crippen molar-refractivity contribution in [2.75, 3.05) is 0 Å². The monoisotopic (exact) mass is 338 g/mol. The minimum Gasteiger partial charge on any atom is -0.368 e. The van der Waals surface area contributed by atoms with Crippen LogP contribution in [-0.4, -0.2) is 5.91 Å². The second-order valence-electron chi connectivity index (χ2n) is 4.32. The third-order valence-electron chi connectivity index (χ3n) is 2.81. The van der Waals surface area contributed by atoms with Gasteiger partial charge in [-0.2, -0.15) is 0 Å². The van der Waals surface area contributed by atoms with Gasteiger partial charge in [0.15, 0.2) is 0 Å². The van der Waals surface area contributed by atoms with Gasteiger partial charge in [0.05, 0.1) is 0 Å². The highest BCUT2D eigenvalue weighted by atomic mass is 79.9. The molecular weight excluding hydrogens is 324 g/mol. The SMILES string of the molecule is Cc1ccc(C(NCc2cccs2)C(N)=O)c(Br)c1. The fourth-order valence-electron chi connectivity index (χ4n) is 1.85. The molecule has 3 N–H and O–H groups in total. The molecule has 1 atom stereocenters. The number of hydrogen-bond donors (Lipinski definition) is 2. The zero-order chi connectivity index (χ0) is 13.8. The van der Waals surface area contributed by atoms with Crippen LogP contribution in [-0.2, 0) is 11.3 Å². The first-order valence-electron chi connectivity index (χ1n) is 5.89. The molecule has 100 valence electrons. The first-order chi connectivity index (χ1) is 9.08. The lowest BCUT2D eigenvalue weighted by molar-refractivity contribution is -0.120. The van der Waals surface area contributed by atoms with Gasteiger partial charge in [-0.15, -0.1) is 11.3 Å². The Morgan fingerprint density at radius 1 is 1.47 bits per heavy atom. The molecule has 1 unspecified atom stereocenters. The van der Waals surface area contributed by atoms with Gasteiger partial charge in [-0.1, -0.05) is 34.1 Å². The van der Waals surface area contributed by atoms with Crippen molar-refractivity contribution in [1.29, 1.82) is 0 Å². The van der Waals surface area contributed by atoms with E-state index in [0.717, 1.165) is 15.6 Å². The molecule has 0 saturated carbocycles. The molecule has 0 aliphatic rings. The largest absolute Gasteiger partial charge is 0.368 e. The molecule has 3 nitrogen and oxygen atoms in total. The van der Waals surface area contributed by atoms with Crippen LogP contribution < -0.4 is 11.1 Å². The molecule has 1 aromatic carbocycles. The van der Waals surface area contributed by atoms with E-state index >= 15 is 0 Å². The summed E-state index contributed by atoms with van der Waals surface area (Å²) in [6, 6.07) is 9.41. The van der Waals surface area contributed by atoms with Gasteiger partial charge in [0.25, 0.3) is 0 Å². The molecule has 5 heteroatoms. The molecule has 1 aromatic heterocycles. The van der Waals surface area contributed by atoms with Crippen molar-refractivity contribution in [3.05, 3.63) is 56.2 Å². The molecule has 2 rings (SSSR count). The minimum atomic E-state index is -0.489. The number of aryl methyl sites for hydroxylation is 1. The van der Waals surface area contributed by atoms with Crippen molar-refractivity contribution in [3.8, 4) is 0 Å². The Morgan fingerprint density at radius 2 is 2.26 bits per heavy atom. The Labute approximate surface area is 125 Å². The van der Waals surface area contributed by atoms with Crippen LogP contribution in [0.2, 0.25) is 0 Å². The minimum absolute atomic E-state index is 0.374. The predicted molar refractivity (Wildman–Crippen MR) is 82.0 cm³/mol. The van der Waals surface area contributed by atoms with Crippen LogP contribution in [0.4, 0.5) is 0 Å². The van der Waals surface area contributed by atoms with Crippen molar-refractivity contribution in [2.45, 2.75) is 19.5 Å². The van der Waals surface area contributed by atoms with Crippen LogP contribution in [0.1, 0.15) is 22.0 Å². The number of amides is 1. The Balaban J connectivity index is 2.17. The fourth-order valence-corrected chi connectivity index (χ4v) is 3.22. The maximum atomic E-state index is 11.6. The number of primary amides is 1. The van der Waals surface area contributed by atoms with Gasteiger partial charge >= 0.3 is 0 Å². The quantitative estimate of drug-likeness (QED) is 0.879. The van der Waals surface area contributed by atoms with Crippen LogP contribution >= 0.6 is 27.3 Å². The number of carbonyl (C=O) groups excluding carboxylic acids is 1. The second kappa shape index (κ2) is 6.32. The fraction of sp³-hybridized carbons (Fsp3) is 0.214. The van der Waals surface area contributed by atoms with Gasteiger partial charge in [0.2, 0.25) is 5.91 Å². The molecule has 1 heterocycles. The van der Waals surface area contributed by atoms with Gasteiger partial charge < -0.3 is 5.73 Å². The first kappa shape index (κ1) is 14.2. The van der Waals surface area contributed by atoms with Crippen molar-refractivity contribution < 1.29 is 4.79 Å². The van der Waals surface area contributed by atoms with Gasteiger partial charge in [-0.25, -0.2) is 0 Å². The highest BCUT2D eigenvalue weighted by Gasteiger charge is 2.19. The lowest BCUT2D eigenvalue weighted by Gasteiger charge is -2.17. The molecule has 1 amide bonds. The van der Waals surface area contributed by atoms with Crippen LogP contribution in [0.3, 0.4) is 0 Å². The molecule has 0 fully saturated rings. The van der Waals surface area contributed by atoms with Crippen molar-refractivity contribution in [2.24, 2.45) is 5.73 Å². The van der Waals surface area contributed by atoms with E-state index in [-0.39, 0.29) is 5.91 Å². The summed E-state index contributed by atoms with van der Waals surface area (Å²) >= 11 is 5.14. The molecule has 0 aliphatic heterocycles. The van der Waals surface area contributed by atoms with Crippen LogP contribution in [0.25, 0.3) is 0 Å². The summed E-state index contributed by atoms with van der Waals surface area (Å²) in [4.78, 5) is 12.8. The van der Waals surface area contributed by atoms with E-state index in [1.807, 2.05) is 42.6 Å². The number of nitrogens with one attached hydrogen (secondary N) is 1. The standard InChI is InChI=1S/C14H15BrN2OS/c1-9-4-5-11(12(15)7-9)13(14(16)18)17-8-10-3-2-6-19-10/h2-7,13,17H,8H2,1H3,(H2,16,18). The van der Waals surface area contributed by atoms with Crippen molar-refractivity contribution in [3.63, 3.8) is 0 Å². The number of carbonyl (C=O) groups is 1. The van der Waals surface area contributed by atoms with E-state index in [1.54, 1.807) is 11.3 Å². The van der Waals surface area contributed by atoms with E-state index in [9.17, 15) is 4.79 Å². The Bertz CT molecular complexity index is 569. The topological polar surface area (TPSA) is 55.1 Å². The van der Waals surface area contributed by atoms with Crippen molar-refractivity contribution in [1.82, 2.24) is 5.32 Å². The first-order valence-corrected chi connectivity index (χ1v) is 7.56. The molecule has 0 radical (unpaired) electrons. The summed E-state index contributed by atoms with van der Waals surface area (Å²) in [5, 5.41) is 5.22. The normalized spacial score (nSPS) is 12.3. The van der Waals surface area contributed by atoms with Crippen LogP contribution in [0.5, 0.6) is 0 Å². The number of halogens is 1. The molecule has 0 spiro atoms. The average Bonchev–Trinajstić information content (AvgIpc) is 2.84. The van der Waals surface area contributed by atoms with E-state index in [1.165, 1.54) is 4.88 Å². The molecule has 0 aliphatic carbocycles. The smallest absolute Gasteiger partial charge is 0.239 e. The Hall–Kier alpha value is -1.17. The van der Waals surface area contributed by atoms with Crippen molar-refractivity contribution >= 4 is 33.2 Å². The number of rotatable bonds is 5. The predicted octanol–water partition coefficient (Wildman–Crippen LogP) is 3.14. The molecule has 2 aromatic rings. The van der Waals surface area contributed by atoms with Gasteiger partial charge in [0, 0.05) is 15.9 Å². The van der Waals surface area contributed by atoms with E-state index in [2.05, 4.69) is 21.2 Å². The maximum Gasteiger partial charge on any atom is 0.239 e. The highest BCUT2D eigenvalue weighted by Crippen LogP contribution is 2.25. The Kier molecular flexibility index (Phi) is 4.74. The van der Waals surface area contributed by atoms with Gasteiger partial charge in [-0.3, -0.25) is 10.1 Å². The van der Waals surface area contributed by atoms with Crippen LogP contribution in [0, 0.1) is 6.92 Å². The zero-order valence-corrected chi connectivity index (χ0v) is 12.9. The zero-order valence-electron chi connectivity index (χ0n) is 10.5. The third-order valence-corrected chi connectivity index (χ3v) is 4.38. The summed E-state index contributed by atoms with van der Waals surface area (Å²) in [6.07, 6.45) is 0. The van der Waals surface area contributed by atoms with Gasteiger partial charge in [0.1, 0.15) is 6.04 Å². The molecular formula is C14H15BrN2OS. The number of nitrogens with two attached hydrogens (primary N) is 1. The Morgan fingerprint density at radius 3 is 2.84 bits per heavy atom. The second-order valence-corrected chi connectivity index (χ2v) is 6.21. The van der Waals surface area contributed by atoms with Gasteiger partial charge in [-0.05, 0) is 35.6 Å². The summed E-state index contributed by atoms with van der Waals surface area (Å²) in [5.74, 6) is -0.374. The van der Waals surface area contributed by atoms with E-state index in [0.29, 0.717) is 6.54 Å². The average molecular weight is 339 g/mol. The lowest BCUT2D eigenvalue weighted by atomic mass is 10.0. The summed E-state index contributed by atoms with van der Waals surface area (Å²) in [7, 11) is 0. The van der Waals surface area contributed by atoms with E-state index < -0.39 is 6.04 Å². The highest BCUT2D eigenvalue weighted by molar-refractivity contribution is 9.10. The number of benzene rings is 1. The maximum absolute atomic E-state index is 11.6. The van der Waals surface area contributed by atoms with E-state index in [4.69, 9.17) is 5.73 Å². The summed E-state index contributed by atoms with van der Waals surface area (Å²) in [6.45, 7) is 2.64. The number of thiophene rings is 1. The third kappa shape index (κ3) is 3.65. The number of hydrogen-bond acceptors (Lipinski definition) is 3.